The van der Waals surface area contributed by atoms with Gasteiger partial charge in [-0.2, -0.15) is 0 Å². The van der Waals surface area contributed by atoms with Crippen LogP contribution in [0.25, 0.3) is 0 Å². The molecule has 1 heterocycles. The molecule has 0 radical (unpaired) electrons. The number of alkyl carbamates (subject to hydrolysis) is 1. The Kier molecular flexibility index (Phi) is 12.5. The molecule has 1 saturated heterocycles. The Hall–Kier alpha value is -4.05. The van der Waals surface area contributed by atoms with Crippen LogP contribution in [0.4, 0.5) is 4.79 Å². The molecule has 248 valence electrons. The van der Waals surface area contributed by atoms with E-state index < -0.39 is 42.3 Å². The van der Waals surface area contributed by atoms with E-state index in [4.69, 9.17) is 28.4 Å². The molecule has 5 rings (SSSR count). The number of benzene rings is 4. The van der Waals surface area contributed by atoms with Crippen molar-refractivity contribution in [1.82, 2.24) is 5.32 Å². The zero-order chi connectivity index (χ0) is 32.9. The van der Waals surface area contributed by atoms with Crippen molar-refractivity contribution in [2.75, 3.05) is 6.61 Å². The number of nitrogens with one attached hydrogen (secondary N) is 1. The minimum absolute atomic E-state index is 0.212. The Morgan fingerprint density at radius 1 is 0.617 bits per heavy atom. The van der Waals surface area contributed by atoms with E-state index in [2.05, 4.69) is 5.32 Å². The fourth-order valence-corrected chi connectivity index (χ4v) is 5.33. The molecule has 1 aliphatic heterocycles. The molecular weight excluding hydrogens is 594 g/mol. The van der Waals surface area contributed by atoms with Gasteiger partial charge in [-0.1, -0.05) is 121 Å². The van der Waals surface area contributed by atoms with Crippen molar-refractivity contribution in [1.29, 1.82) is 0 Å². The van der Waals surface area contributed by atoms with E-state index >= 15 is 0 Å². The van der Waals surface area contributed by atoms with E-state index in [1.165, 1.54) is 0 Å². The Morgan fingerprint density at radius 3 is 1.51 bits per heavy atom. The van der Waals surface area contributed by atoms with E-state index in [1.807, 2.05) is 142 Å². The lowest BCUT2D eigenvalue weighted by molar-refractivity contribution is -0.293. The van der Waals surface area contributed by atoms with Crippen molar-refractivity contribution in [3.05, 3.63) is 144 Å². The van der Waals surface area contributed by atoms with Gasteiger partial charge >= 0.3 is 6.09 Å². The summed E-state index contributed by atoms with van der Waals surface area (Å²) in [7, 11) is 0. The maximum absolute atomic E-state index is 13.3. The van der Waals surface area contributed by atoms with E-state index in [1.54, 1.807) is 0 Å². The van der Waals surface area contributed by atoms with Crippen molar-refractivity contribution in [3.8, 4) is 0 Å². The van der Waals surface area contributed by atoms with Gasteiger partial charge in [0.1, 0.15) is 30.0 Å². The van der Waals surface area contributed by atoms with Gasteiger partial charge in [0.25, 0.3) is 0 Å². The van der Waals surface area contributed by atoms with E-state index in [-0.39, 0.29) is 19.8 Å². The number of rotatable bonds is 14. The first-order chi connectivity index (χ1) is 22.8. The van der Waals surface area contributed by atoms with Gasteiger partial charge < -0.3 is 33.7 Å². The van der Waals surface area contributed by atoms with Gasteiger partial charge in [0.05, 0.1) is 33.0 Å². The second-order valence-electron chi connectivity index (χ2n) is 12.5. The van der Waals surface area contributed by atoms with E-state index in [9.17, 15) is 4.79 Å². The van der Waals surface area contributed by atoms with Crippen LogP contribution < -0.4 is 5.32 Å². The predicted molar refractivity (Wildman–Crippen MR) is 179 cm³/mol. The highest BCUT2D eigenvalue weighted by molar-refractivity contribution is 5.68. The molecule has 4 aromatic carbocycles. The lowest BCUT2D eigenvalue weighted by atomic mass is 9.96. The summed E-state index contributed by atoms with van der Waals surface area (Å²) in [5.74, 6) is 0. The third-order valence-electron chi connectivity index (χ3n) is 7.55. The van der Waals surface area contributed by atoms with Gasteiger partial charge in [-0.05, 0) is 43.0 Å². The summed E-state index contributed by atoms with van der Waals surface area (Å²) in [6.07, 6.45) is -3.41. The normalized spacial score (nSPS) is 21.2. The lowest BCUT2D eigenvalue weighted by Gasteiger charge is -2.46. The van der Waals surface area contributed by atoms with E-state index in [0.717, 1.165) is 22.3 Å². The van der Waals surface area contributed by atoms with Gasteiger partial charge in [-0.15, -0.1) is 0 Å². The first-order valence-electron chi connectivity index (χ1n) is 16.1. The maximum Gasteiger partial charge on any atom is 0.408 e. The minimum atomic E-state index is -0.898. The second-order valence-corrected chi connectivity index (χ2v) is 12.5. The zero-order valence-corrected chi connectivity index (χ0v) is 27.3. The van der Waals surface area contributed by atoms with Crippen LogP contribution in [-0.2, 0) is 54.8 Å². The van der Waals surface area contributed by atoms with Gasteiger partial charge in [0.2, 0.25) is 0 Å². The second kappa shape index (κ2) is 17.2. The van der Waals surface area contributed by atoms with Gasteiger partial charge in [0.15, 0.2) is 6.29 Å². The molecule has 0 aromatic heterocycles. The fraction of sp³-hybridized carbons (Fsp3) is 0.359. The largest absolute Gasteiger partial charge is 0.444 e. The molecule has 1 aliphatic rings. The number of amides is 1. The number of carbonyl (C=O) groups is 1. The third-order valence-corrected chi connectivity index (χ3v) is 7.55. The Morgan fingerprint density at radius 2 is 1.04 bits per heavy atom. The molecule has 8 nitrogen and oxygen atoms in total. The lowest BCUT2D eigenvalue weighted by Crippen LogP contribution is -2.66. The number of carbonyl (C=O) groups excluding carboxylic acids is 1. The van der Waals surface area contributed by atoms with Crippen molar-refractivity contribution < 1.29 is 33.2 Å². The smallest absolute Gasteiger partial charge is 0.408 e. The van der Waals surface area contributed by atoms with Crippen molar-refractivity contribution in [2.24, 2.45) is 0 Å². The van der Waals surface area contributed by atoms with Crippen molar-refractivity contribution in [2.45, 2.75) is 83.4 Å². The molecular formula is C39H45NO7. The molecule has 1 unspecified atom stereocenters. The molecule has 0 saturated carbocycles. The van der Waals surface area contributed by atoms with Crippen molar-refractivity contribution in [3.63, 3.8) is 0 Å². The number of ether oxygens (including phenoxy) is 6. The third kappa shape index (κ3) is 11.0. The summed E-state index contributed by atoms with van der Waals surface area (Å²) in [5, 5.41) is 3.02. The molecule has 0 aliphatic carbocycles. The summed E-state index contributed by atoms with van der Waals surface area (Å²) >= 11 is 0. The first-order valence-corrected chi connectivity index (χ1v) is 16.1. The topological polar surface area (TPSA) is 84.5 Å². The summed E-state index contributed by atoms with van der Waals surface area (Å²) < 4.78 is 38.3. The van der Waals surface area contributed by atoms with Crippen molar-refractivity contribution >= 4 is 6.09 Å². The molecule has 0 spiro atoms. The number of hydrogen-bond acceptors (Lipinski definition) is 7. The standard InChI is InChI=1S/C39H45NO7/c1-39(2,3)47-38(41)40-34-36(44-26-31-20-12-6-13-21-31)35(43-25-30-18-10-5-11-19-30)33(28-42-24-29-16-8-4-9-17-29)46-37(34)45-27-32-22-14-7-15-23-32/h4-23,33-37H,24-28H2,1-3H3,(H,40,41)/t33-,34+,35+,36+,37?/m1/s1. The van der Waals surface area contributed by atoms with E-state index in [0.29, 0.717) is 13.2 Å². The monoisotopic (exact) mass is 639 g/mol. The molecule has 5 atom stereocenters. The molecule has 0 bridgehead atoms. The maximum atomic E-state index is 13.3. The molecule has 1 fully saturated rings. The van der Waals surface area contributed by atoms with Gasteiger partial charge in [-0.25, -0.2) is 4.79 Å². The SMILES string of the molecule is CC(C)(C)OC(=O)N[C@@H]1C(OCc2ccccc2)O[C@H](COCc2ccccc2)[C@H](OCc2ccccc2)[C@H]1OCc1ccccc1. The predicted octanol–water partition coefficient (Wildman–Crippen LogP) is 7.21. The first kappa shape index (κ1) is 34.3. The molecule has 4 aromatic rings. The average molecular weight is 640 g/mol. The highest BCUT2D eigenvalue weighted by Crippen LogP contribution is 2.30. The van der Waals surface area contributed by atoms with Crippen LogP contribution in [0.1, 0.15) is 43.0 Å². The summed E-state index contributed by atoms with van der Waals surface area (Å²) in [6.45, 7) is 6.93. The summed E-state index contributed by atoms with van der Waals surface area (Å²) in [4.78, 5) is 13.3. The average Bonchev–Trinajstić information content (AvgIpc) is 3.07. The quantitative estimate of drug-likeness (QED) is 0.156. The fourth-order valence-electron chi connectivity index (χ4n) is 5.33. The summed E-state index contributed by atoms with van der Waals surface area (Å²) in [5.41, 5.74) is 3.28. The van der Waals surface area contributed by atoms with Crippen LogP contribution in [0.2, 0.25) is 0 Å². The number of hydrogen-bond donors (Lipinski definition) is 1. The molecule has 1 N–H and O–H groups in total. The highest BCUT2D eigenvalue weighted by Gasteiger charge is 2.49. The van der Waals surface area contributed by atoms with Crippen LogP contribution >= 0.6 is 0 Å². The Labute approximate surface area is 277 Å². The Balaban J connectivity index is 1.45. The molecule has 1 amide bonds. The van der Waals surface area contributed by atoms with Crippen LogP contribution in [0.15, 0.2) is 121 Å². The zero-order valence-electron chi connectivity index (χ0n) is 27.3. The van der Waals surface area contributed by atoms with Gasteiger partial charge in [0, 0.05) is 0 Å². The van der Waals surface area contributed by atoms with Crippen LogP contribution in [0.5, 0.6) is 0 Å². The van der Waals surface area contributed by atoms with Gasteiger partial charge in [-0.3, -0.25) is 0 Å². The highest BCUT2D eigenvalue weighted by atomic mass is 16.7. The van der Waals surface area contributed by atoms with Crippen LogP contribution in [-0.4, -0.2) is 48.9 Å². The summed E-state index contributed by atoms with van der Waals surface area (Å²) in [6, 6.07) is 38.8. The Bertz CT molecular complexity index is 1470. The minimum Gasteiger partial charge on any atom is -0.444 e. The molecule has 47 heavy (non-hydrogen) atoms. The van der Waals surface area contributed by atoms with Crippen LogP contribution in [0, 0.1) is 0 Å². The molecule has 8 heteroatoms. The van der Waals surface area contributed by atoms with Crippen LogP contribution in [0.3, 0.4) is 0 Å².